The van der Waals surface area contributed by atoms with Gasteiger partial charge in [-0.25, -0.2) is 8.78 Å². The standard InChI is InChI=1S/C17H15BrF2N2O/c18-13-2-4-14(5-3-13)21-7-9-22(10-8-21)17(23)12-1-6-15(19)16(20)11-12/h1-6,11H,7-10H2. The van der Waals surface area contributed by atoms with Crippen LogP contribution >= 0.6 is 15.9 Å². The van der Waals surface area contributed by atoms with Gasteiger partial charge in [0.15, 0.2) is 11.6 Å². The van der Waals surface area contributed by atoms with Gasteiger partial charge in [0.2, 0.25) is 0 Å². The van der Waals surface area contributed by atoms with E-state index < -0.39 is 11.6 Å². The first-order valence-electron chi connectivity index (χ1n) is 7.29. The molecule has 2 aromatic carbocycles. The summed E-state index contributed by atoms with van der Waals surface area (Å²) in [7, 11) is 0. The molecule has 1 fully saturated rings. The minimum absolute atomic E-state index is 0.181. The van der Waals surface area contributed by atoms with Crippen molar-refractivity contribution in [1.29, 1.82) is 0 Å². The van der Waals surface area contributed by atoms with E-state index in [1.807, 2.05) is 24.3 Å². The lowest BCUT2D eigenvalue weighted by Crippen LogP contribution is -2.48. The van der Waals surface area contributed by atoms with Crippen molar-refractivity contribution in [2.75, 3.05) is 31.1 Å². The summed E-state index contributed by atoms with van der Waals surface area (Å²) < 4.78 is 27.2. The van der Waals surface area contributed by atoms with Gasteiger partial charge in [-0.15, -0.1) is 0 Å². The van der Waals surface area contributed by atoms with Gasteiger partial charge in [-0.2, -0.15) is 0 Å². The second kappa shape index (κ2) is 6.66. The number of benzene rings is 2. The third-order valence-electron chi connectivity index (χ3n) is 3.93. The summed E-state index contributed by atoms with van der Waals surface area (Å²) in [6.07, 6.45) is 0. The number of hydrogen-bond acceptors (Lipinski definition) is 2. The van der Waals surface area contributed by atoms with Crippen LogP contribution in [-0.4, -0.2) is 37.0 Å². The molecule has 3 nitrogen and oxygen atoms in total. The Morgan fingerprint density at radius 3 is 2.17 bits per heavy atom. The summed E-state index contributed by atoms with van der Waals surface area (Å²) in [5, 5.41) is 0. The van der Waals surface area contributed by atoms with Gasteiger partial charge in [0, 0.05) is 41.9 Å². The van der Waals surface area contributed by atoms with Gasteiger partial charge in [0.25, 0.3) is 5.91 Å². The van der Waals surface area contributed by atoms with Crippen molar-refractivity contribution in [1.82, 2.24) is 4.90 Å². The molecule has 0 bridgehead atoms. The van der Waals surface area contributed by atoms with Crippen LogP contribution in [0.15, 0.2) is 46.9 Å². The van der Waals surface area contributed by atoms with Crippen LogP contribution in [0.5, 0.6) is 0 Å². The highest BCUT2D eigenvalue weighted by Crippen LogP contribution is 2.20. The topological polar surface area (TPSA) is 23.6 Å². The van der Waals surface area contributed by atoms with Crippen molar-refractivity contribution in [2.24, 2.45) is 0 Å². The Morgan fingerprint density at radius 2 is 1.57 bits per heavy atom. The van der Waals surface area contributed by atoms with Crippen LogP contribution in [0, 0.1) is 11.6 Å². The van der Waals surface area contributed by atoms with Gasteiger partial charge in [-0.1, -0.05) is 15.9 Å². The minimum atomic E-state index is -0.996. The van der Waals surface area contributed by atoms with E-state index in [4.69, 9.17) is 0 Å². The van der Waals surface area contributed by atoms with Crippen molar-refractivity contribution in [3.63, 3.8) is 0 Å². The van der Waals surface area contributed by atoms with Crippen LogP contribution < -0.4 is 4.90 Å². The number of nitrogens with zero attached hydrogens (tertiary/aromatic N) is 2. The van der Waals surface area contributed by atoms with Crippen LogP contribution in [0.2, 0.25) is 0 Å². The molecule has 0 unspecified atom stereocenters. The van der Waals surface area contributed by atoms with E-state index in [0.29, 0.717) is 26.2 Å². The highest BCUT2D eigenvalue weighted by Gasteiger charge is 2.23. The first-order chi connectivity index (χ1) is 11.0. The van der Waals surface area contributed by atoms with Crippen LogP contribution in [0.1, 0.15) is 10.4 Å². The molecule has 0 aliphatic carbocycles. The lowest BCUT2D eigenvalue weighted by atomic mass is 10.1. The third kappa shape index (κ3) is 3.52. The highest BCUT2D eigenvalue weighted by atomic mass is 79.9. The predicted octanol–water partition coefficient (Wildman–Crippen LogP) is 3.69. The average molecular weight is 381 g/mol. The number of carbonyl (C=O) groups is 1. The van der Waals surface area contributed by atoms with Gasteiger partial charge in [0.1, 0.15) is 0 Å². The monoisotopic (exact) mass is 380 g/mol. The molecule has 0 atom stereocenters. The van der Waals surface area contributed by atoms with E-state index in [1.54, 1.807) is 4.90 Å². The fourth-order valence-corrected chi connectivity index (χ4v) is 2.90. The Bertz CT molecular complexity index is 713. The summed E-state index contributed by atoms with van der Waals surface area (Å²) >= 11 is 3.41. The van der Waals surface area contributed by atoms with E-state index in [2.05, 4.69) is 20.8 Å². The molecule has 2 aromatic rings. The maximum Gasteiger partial charge on any atom is 0.254 e. The first-order valence-corrected chi connectivity index (χ1v) is 8.09. The molecule has 0 radical (unpaired) electrons. The predicted molar refractivity (Wildman–Crippen MR) is 88.6 cm³/mol. The molecule has 1 saturated heterocycles. The molecule has 0 saturated carbocycles. The second-order valence-corrected chi connectivity index (χ2v) is 6.30. The minimum Gasteiger partial charge on any atom is -0.368 e. The molecule has 6 heteroatoms. The molecule has 0 aromatic heterocycles. The van der Waals surface area contributed by atoms with E-state index in [1.165, 1.54) is 6.07 Å². The zero-order chi connectivity index (χ0) is 16.4. The van der Waals surface area contributed by atoms with E-state index in [9.17, 15) is 13.6 Å². The van der Waals surface area contributed by atoms with Crippen LogP contribution in [0.3, 0.4) is 0 Å². The Kier molecular flexibility index (Phi) is 4.61. The third-order valence-corrected chi connectivity index (χ3v) is 4.45. The Labute approximate surface area is 141 Å². The Morgan fingerprint density at radius 1 is 0.913 bits per heavy atom. The molecule has 0 spiro atoms. The summed E-state index contributed by atoms with van der Waals surface area (Å²) in [5.74, 6) is -2.20. The fraction of sp³-hybridized carbons (Fsp3) is 0.235. The molecule has 1 heterocycles. The first kappa shape index (κ1) is 15.9. The summed E-state index contributed by atoms with van der Waals surface area (Å²) in [6.45, 7) is 2.51. The maximum absolute atomic E-state index is 13.3. The molecule has 1 aliphatic rings. The Hall–Kier alpha value is -1.95. The molecule has 1 aliphatic heterocycles. The second-order valence-electron chi connectivity index (χ2n) is 5.38. The molecular formula is C17H15BrF2N2O. The quantitative estimate of drug-likeness (QED) is 0.792. The number of carbonyl (C=O) groups excluding carboxylic acids is 1. The van der Waals surface area contributed by atoms with Crippen LogP contribution in [0.4, 0.5) is 14.5 Å². The number of rotatable bonds is 2. The van der Waals surface area contributed by atoms with Gasteiger partial charge >= 0.3 is 0 Å². The van der Waals surface area contributed by atoms with Gasteiger partial charge in [0.05, 0.1) is 0 Å². The van der Waals surface area contributed by atoms with E-state index in [-0.39, 0.29) is 11.5 Å². The maximum atomic E-state index is 13.3. The normalized spacial score (nSPS) is 14.9. The average Bonchev–Trinajstić information content (AvgIpc) is 2.57. The lowest BCUT2D eigenvalue weighted by Gasteiger charge is -2.36. The molecule has 1 amide bonds. The molecule has 120 valence electrons. The van der Waals surface area contributed by atoms with Crippen molar-refractivity contribution in [2.45, 2.75) is 0 Å². The van der Waals surface area contributed by atoms with Gasteiger partial charge < -0.3 is 9.80 Å². The zero-order valence-electron chi connectivity index (χ0n) is 12.3. The lowest BCUT2D eigenvalue weighted by molar-refractivity contribution is 0.0746. The zero-order valence-corrected chi connectivity index (χ0v) is 13.9. The van der Waals surface area contributed by atoms with Gasteiger partial charge in [-0.3, -0.25) is 4.79 Å². The Balaban J connectivity index is 1.65. The van der Waals surface area contributed by atoms with E-state index >= 15 is 0 Å². The molecule has 0 N–H and O–H groups in total. The largest absolute Gasteiger partial charge is 0.368 e. The van der Waals surface area contributed by atoms with Gasteiger partial charge in [-0.05, 0) is 42.5 Å². The summed E-state index contributed by atoms with van der Waals surface area (Å²) in [5.41, 5.74) is 1.29. The number of piperazine rings is 1. The number of halogens is 3. The summed E-state index contributed by atoms with van der Waals surface area (Å²) in [4.78, 5) is 16.2. The van der Waals surface area contributed by atoms with Crippen molar-refractivity contribution < 1.29 is 13.6 Å². The highest BCUT2D eigenvalue weighted by molar-refractivity contribution is 9.10. The number of hydrogen-bond donors (Lipinski definition) is 0. The fourth-order valence-electron chi connectivity index (χ4n) is 2.63. The van der Waals surface area contributed by atoms with Crippen LogP contribution in [0.25, 0.3) is 0 Å². The molecular weight excluding hydrogens is 366 g/mol. The molecule has 23 heavy (non-hydrogen) atoms. The number of amides is 1. The summed E-state index contributed by atoms with van der Waals surface area (Å²) in [6, 6.07) is 11.3. The van der Waals surface area contributed by atoms with Crippen molar-refractivity contribution in [3.8, 4) is 0 Å². The van der Waals surface area contributed by atoms with Crippen molar-refractivity contribution >= 4 is 27.5 Å². The van der Waals surface area contributed by atoms with Crippen LogP contribution in [-0.2, 0) is 0 Å². The smallest absolute Gasteiger partial charge is 0.254 e. The van der Waals surface area contributed by atoms with Crippen molar-refractivity contribution in [3.05, 3.63) is 64.1 Å². The van der Waals surface area contributed by atoms with E-state index in [0.717, 1.165) is 22.3 Å². The molecule has 3 rings (SSSR count). The number of anilines is 1. The SMILES string of the molecule is O=C(c1ccc(F)c(F)c1)N1CCN(c2ccc(Br)cc2)CC1.